The lowest BCUT2D eigenvalue weighted by Crippen LogP contribution is -2.60. The molecule has 0 heterocycles. The van der Waals surface area contributed by atoms with Crippen molar-refractivity contribution in [2.75, 3.05) is 20.8 Å². The van der Waals surface area contributed by atoms with Gasteiger partial charge in [0.1, 0.15) is 4.87 Å². The van der Waals surface area contributed by atoms with Crippen LogP contribution in [0.25, 0.3) is 0 Å². The van der Waals surface area contributed by atoms with Crippen molar-refractivity contribution in [2.45, 2.75) is 47.0 Å². The zero-order valence-corrected chi connectivity index (χ0v) is 13.8. The molecule has 2 aliphatic carbocycles. The highest BCUT2D eigenvalue weighted by Crippen LogP contribution is 2.68. The maximum atomic E-state index is 12.9. The SMILES string of the molecule is C=CC[C@@]1(O)C(=O)[C@]2(Cl)[C@H](OCC)C[C@@]1(Cl)C2(OC)OC. The number of hydrogen-bond acceptors (Lipinski definition) is 5. The summed E-state index contributed by atoms with van der Waals surface area (Å²) >= 11 is 13.3. The lowest BCUT2D eigenvalue weighted by Gasteiger charge is -2.41. The summed E-state index contributed by atoms with van der Waals surface area (Å²) in [6.45, 7) is 5.71. The second-order valence-corrected chi connectivity index (χ2v) is 6.61. The fourth-order valence-electron chi connectivity index (χ4n) is 3.79. The minimum Gasteiger partial charge on any atom is -0.380 e. The van der Waals surface area contributed by atoms with E-state index in [1.54, 1.807) is 6.92 Å². The first-order chi connectivity index (χ1) is 9.75. The molecule has 0 aromatic carbocycles. The average molecular weight is 339 g/mol. The molecule has 7 heteroatoms. The van der Waals surface area contributed by atoms with E-state index in [2.05, 4.69) is 6.58 Å². The molecular formula is C14H20Cl2O5. The first-order valence-electron chi connectivity index (χ1n) is 6.73. The Morgan fingerprint density at radius 3 is 2.43 bits per heavy atom. The number of fused-ring (bicyclic) bond motifs is 2. The van der Waals surface area contributed by atoms with Crippen molar-refractivity contribution in [3.05, 3.63) is 12.7 Å². The van der Waals surface area contributed by atoms with E-state index in [1.807, 2.05) is 0 Å². The van der Waals surface area contributed by atoms with Crippen LogP contribution in [0.4, 0.5) is 0 Å². The molecule has 2 rings (SSSR count). The summed E-state index contributed by atoms with van der Waals surface area (Å²) in [4.78, 5) is 9.59. The number of carbonyl (C=O) groups excluding carboxylic acids is 1. The molecular weight excluding hydrogens is 319 g/mol. The zero-order valence-electron chi connectivity index (χ0n) is 12.3. The molecule has 5 nitrogen and oxygen atoms in total. The number of ether oxygens (including phenoxy) is 3. The Balaban J connectivity index is 2.68. The number of aliphatic hydroxyl groups is 1. The highest BCUT2D eigenvalue weighted by Gasteiger charge is 2.90. The van der Waals surface area contributed by atoms with E-state index in [9.17, 15) is 9.90 Å². The smallest absolute Gasteiger partial charge is 0.220 e. The van der Waals surface area contributed by atoms with Crippen molar-refractivity contribution in [2.24, 2.45) is 0 Å². The predicted molar refractivity (Wildman–Crippen MR) is 78.7 cm³/mol. The van der Waals surface area contributed by atoms with Crippen LogP contribution in [-0.2, 0) is 19.0 Å². The molecule has 0 radical (unpaired) electrons. The number of Topliss-reactive ketones (excluding diaryl/α,β-unsaturated/α-hetero) is 1. The van der Waals surface area contributed by atoms with Crippen LogP contribution in [0.1, 0.15) is 19.8 Å². The third-order valence-electron chi connectivity index (χ3n) is 4.66. The Labute approximate surface area is 134 Å². The van der Waals surface area contributed by atoms with E-state index in [4.69, 9.17) is 37.4 Å². The van der Waals surface area contributed by atoms with Gasteiger partial charge in [0.05, 0.1) is 6.10 Å². The maximum absolute atomic E-state index is 12.9. The van der Waals surface area contributed by atoms with Crippen molar-refractivity contribution in [1.82, 2.24) is 0 Å². The monoisotopic (exact) mass is 338 g/mol. The zero-order chi connectivity index (χ0) is 16.1. The molecule has 2 fully saturated rings. The Morgan fingerprint density at radius 2 is 2.00 bits per heavy atom. The van der Waals surface area contributed by atoms with Gasteiger partial charge in [-0.2, -0.15) is 0 Å². The number of halogens is 2. The number of ketones is 1. The second-order valence-electron chi connectivity index (χ2n) is 5.37. The lowest BCUT2D eigenvalue weighted by atomic mass is 9.78. The number of carbonyl (C=O) groups is 1. The molecule has 2 bridgehead atoms. The molecule has 0 aromatic rings. The van der Waals surface area contributed by atoms with E-state index >= 15 is 0 Å². The van der Waals surface area contributed by atoms with Gasteiger partial charge in [0.15, 0.2) is 16.3 Å². The van der Waals surface area contributed by atoms with Gasteiger partial charge in [-0.1, -0.05) is 6.08 Å². The Hall–Kier alpha value is -0.170. The third-order valence-corrected chi connectivity index (χ3v) is 6.03. The number of alkyl halides is 2. The molecule has 2 aliphatic rings. The maximum Gasteiger partial charge on any atom is 0.220 e. The number of methoxy groups -OCH3 is 2. The van der Waals surface area contributed by atoms with Gasteiger partial charge in [0.25, 0.3) is 0 Å². The topological polar surface area (TPSA) is 65.0 Å². The molecule has 0 saturated heterocycles. The van der Waals surface area contributed by atoms with Crippen molar-refractivity contribution < 1.29 is 24.1 Å². The highest BCUT2D eigenvalue weighted by atomic mass is 35.5. The van der Waals surface area contributed by atoms with E-state index in [0.29, 0.717) is 6.61 Å². The average Bonchev–Trinajstić information content (AvgIpc) is 2.70. The molecule has 0 amide bonds. The van der Waals surface area contributed by atoms with Crippen LogP contribution in [0.2, 0.25) is 0 Å². The van der Waals surface area contributed by atoms with Crippen molar-refractivity contribution in [3.63, 3.8) is 0 Å². The van der Waals surface area contributed by atoms with Gasteiger partial charge < -0.3 is 19.3 Å². The van der Waals surface area contributed by atoms with Crippen molar-refractivity contribution >= 4 is 29.0 Å². The Morgan fingerprint density at radius 1 is 1.43 bits per heavy atom. The molecule has 4 atom stereocenters. The number of hydrogen-bond donors (Lipinski definition) is 1. The minimum atomic E-state index is -1.92. The Kier molecular flexibility index (Phi) is 4.24. The summed E-state index contributed by atoms with van der Waals surface area (Å²) in [5.41, 5.74) is -1.92. The predicted octanol–water partition coefficient (Wildman–Crippen LogP) is 1.63. The molecule has 0 unspecified atom stereocenters. The van der Waals surface area contributed by atoms with Gasteiger partial charge in [0, 0.05) is 33.7 Å². The standard InChI is InChI=1S/C14H20Cl2O5/c1-5-7-11(18)10(17)13(16)9(21-6-2)8-12(11,15)14(13,19-3)20-4/h5,9,18H,1,6-8H2,2-4H3/t9-,11-,12+,13-/m1/s1. The van der Waals surface area contributed by atoms with Crippen LogP contribution >= 0.6 is 23.2 Å². The molecule has 0 aliphatic heterocycles. The van der Waals surface area contributed by atoms with Gasteiger partial charge in [-0.15, -0.1) is 29.8 Å². The molecule has 0 aromatic heterocycles. The first kappa shape index (κ1) is 17.2. The molecule has 120 valence electrons. The number of rotatable bonds is 6. The van der Waals surface area contributed by atoms with Crippen LogP contribution in [0.15, 0.2) is 12.7 Å². The Bertz CT molecular complexity index is 466. The van der Waals surface area contributed by atoms with E-state index in [0.717, 1.165) is 0 Å². The van der Waals surface area contributed by atoms with Gasteiger partial charge >= 0.3 is 0 Å². The van der Waals surface area contributed by atoms with Gasteiger partial charge in [0.2, 0.25) is 5.79 Å². The lowest BCUT2D eigenvalue weighted by molar-refractivity contribution is -0.233. The third kappa shape index (κ3) is 1.60. The largest absolute Gasteiger partial charge is 0.380 e. The fourth-order valence-corrected chi connectivity index (χ4v) is 5.06. The van der Waals surface area contributed by atoms with Crippen LogP contribution in [0.3, 0.4) is 0 Å². The first-order valence-corrected chi connectivity index (χ1v) is 7.49. The van der Waals surface area contributed by atoms with Gasteiger partial charge in [-0.3, -0.25) is 4.79 Å². The summed E-state index contributed by atoms with van der Waals surface area (Å²) < 4.78 is 16.5. The summed E-state index contributed by atoms with van der Waals surface area (Å²) in [6.07, 6.45) is 0.800. The van der Waals surface area contributed by atoms with Gasteiger partial charge in [-0.25, -0.2) is 0 Å². The van der Waals surface area contributed by atoms with Crippen LogP contribution < -0.4 is 0 Å². The summed E-state index contributed by atoms with van der Waals surface area (Å²) in [7, 11) is 2.69. The highest BCUT2D eigenvalue weighted by molar-refractivity contribution is 6.45. The van der Waals surface area contributed by atoms with E-state index < -0.39 is 33.0 Å². The molecule has 21 heavy (non-hydrogen) atoms. The fraction of sp³-hybridized carbons (Fsp3) is 0.786. The van der Waals surface area contributed by atoms with Gasteiger partial charge in [-0.05, 0) is 6.92 Å². The normalized spacial score (nSPS) is 44.3. The van der Waals surface area contributed by atoms with E-state index in [-0.39, 0.29) is 12.8 Å². The van der Waals surface area contributed by atoms with E-state index in [1.165, 1.54) is 20.3 Å². The quantitative estimate of drug-likeness (QED) is 0.453. The summed E-state index contributed by atoms with van der Waals surface area (Å²) in [6, 6.07) is 0. The minimum absolute atomic E-state index is 0.0445. The van der Waals surface area contributed by atoms with Crippen LogP contribution in [0, 0.1) is 0 Å². The van der Waals surface area contributed by atoms with Crippen molar-refractivity contribution in [1.29, 1.82) is 0 Å². The molecule has 2 saturated carbocycles. The summed E-state index contributed by atoms with van der Waals surface area (Å²) in [5.74, 6) is -2.34. The summed E-state index contributed by atoms with van der Waals surface area (Å²) in [5, 5.41) is 10.9. The molecule has 1 N–H and O–H groups in total. The van der Waals surface area contributed by atoms with Crippen LogP contribution in [-0.4, -0.2) is 59.0 Å². The van der Waals surface area contributed by atoms with Crippen LogP contribution in [0.5, 0.6) is 0 Å². The molecule has 0 spiro atoms. The van der Waals surface area contributed by atoms with Crippen molar-refractivity contribution in [3.8, 4) is 0 Å². The second kappa shape index (κ2) is 5.18.